The zero-order valence-corrected chi connectivity index (χ0v) is 10.8. The Balaban J connectivity index is 2.51. The molecule has 0 radical (unpaired) electrons. The van der Waals surface area contributed by atoms with Crippen LogP contribution in [0.3, 0.4) is 0 Å². The Morgan fingerprint density at radius 2 is 1.75 bits per heavy atom. The molecule has 0 aliphatic rings. The van der Waals surface area contributed by atoms with Gasteiger partial charge in [-0.15, -0.1) is 0 Å². The third kappa shape index (κ3) is 1.76. The van der Waals surface area contributed by atoms with Gasteiger partial charge in [0.1, 0.15) is 0 Å². The summed E-state index contributed by atoms with van der Waals surface area (Å²) in [6, 6.07) is 12.9. The van der Waals surface area contributed by atoms with Gasteiger partial charge in [-0.05, 0) is 0 Å². The number of halogens is 1. The molecule has 2 heteroatoms. The van der Waals surface area contributed by atoms with Crippen LogP contribution < -0.4 is 0 Å². The summed E-state index contributed by atoms with van der Waals surface area (Å²) in [4.78, 5) is 0. The van der Waals surface area contributed by atoms with Crippen molar-refractivity contribution in [1.29, 1.82) is 0 Å². The van der Waals surface area contributed by atoms with Crippen molar-refractivity contribution in [3.63, 3.8) is 0 Å². The molecule has 60 valence electrons. The molecule has 0 spiro atoms. The predicted octanol–water partition coefficient (Wildman–Crippen LogP) is 3.02. The van der Waals surface area contributed by atoms with Crippen molar-refractivity contribution in [1.82, 2.24) is 0 Å². The molecule has 1 aromatic heterocycles. The van der Waals surface area contributed by atoms with E-state index in [1.807, 2.05) is 0 Å². The SMILES string of the molecule is Ic1cc[te]c1-c1ccccc1. The van der Waals surface area contributed by atoms with Gasteiger partial charge in [0.2, 0.25) is 0 Å². The van der Waals surface area contributed by atoms with E-state index in [0.717, 1.165) is 0 Å². The third-order valence-electron chi connectivity index (χ3n) is 1.65. The molecule has 12 heavy (non-hydrogen) atoms. The fourth-order valence-electron chi connectivity index (χ4n) is 1.09. The van der Waals surface area contributed by atoms with Crippen LogP contribution in [-0.2, 0) is 0 Å². The van der Waals surface area contributed by atoms with Gasteiger partial charge in [-0.1, -0.05) is 0 Å². The first kappa shape index (κ1) is 8.80. The van der Waals surface area contributed by atoms with Crippen molar-refractivity contribution in [2.75, 3.05) is 0 Å². The molecule has 2 rings (SSSR count). The first-order chi connectivity index (χ1) is 5.88. The van der Waals surface area contributed by atoms with E-state index in [9.17, 15) is 0 Å². The average Bonchev–Trinajstić information content (AvgIpc) is 2.53. The second-order valence-electron chi connectivity index (χ2n) is 2.46. The van der Waals surface area contributed by atoms with Crippen molar-refractivity contribution >= 4 is 43.0 Å². The molecule has 1 aromatic carbocycles. The van der Waals surface area contributed by atoms with E-state index in [2.05, 4.69) is 63.1 Å². The number of rotatable bonds is 1. The van der Waals surface area contributed by atoms with E-state index in [1.165, 1.54) is 9.13 Å². The van der Waals surface area contributed by atoms with Crippen LogP contribution in [-0.4, -0.2) is 20.4 Å². The Labute approximate surface area is 95.4 Å². The predicted molar refractivity (Wildman–Crippen MR) is 61.5 cm³/mol. The Hall–Kier alpha value is 0.220. The molecule has 1 heterocycles. The second-order valence-corrected chi connectivity index (χ2v) is 6.24. The molecule has 2 aromatic rings. The Morgan fingerprint density at radius 3 is 2.33 bits per heavy atom. The summed E-state index contributed by atoms with van der Waals surface area (Å²) in [5.41, 5.74) is 1.41. The minimum absolute atomic E-state index is 0.0213. The maximum atomic E-state index is 2.42. The van der Waals surface area contributed by atoms with Gasteiger partial charge >= 0.3 is 96.2 Å². The molecule has 0 N–H and O–H groups in total. The Bertz CT molecular complexity index is 364. The second kappa shape index (κ2) is 3.95. The first-order valence-corrected chi connectivity index (χ1v) is 7.25. The first-order valence-electron chi connectivity index (χ1n) is 3.66. The van der Waals surface area contributed by atoms with E-state index < -0.39 is 0 Å². The van der Waals surface area contributed by atoms with Crippen molar-refractivity contribution < 1.29 is 0 Å². The van der Waals surface area contributed by atoms with Crippen LogP contribution in [0.2, 0.25) is 0 Å². The van der Waals surface area contributed by atoms with Gasteiger partial charge in [0, 0.05) is 0 Å². The van der Waals surface area contributed by atoms with Crippen LogP contribution in [0.15, 0.2) is 40.5 Å². The van der Waals surface area contributed by atoms with E-state index in [4.69, 9.17) is 0 Å². The van der Waals surface area contributed by atoms with Crippen LogP contribution in [0.5, 0.6) is 0 Å². The Morgan fingerprint density at radius 1 is 1.00 bits per heavy atom. The van der Waals surface area contributed by atoms with Gasteiger partial charge in [-0.2, -0.15) is 0 Å². The molecular weight excluding hydrogens is 375 g/mol. The van der Waals surface area contributed by atoms with Crippen molar-refractivity contribution in [3.8, 4) is 9.14 Å². The maximum absolute atomic E-state index is 2.42. The fourth-order valence-corrected chi connectivity index (χ4v) is 5.45. The normalized spacial score (nSPS) is 10.1. The zero-order valence-electron chi connectivity index (χ0n) is 6.33. The summed E-state index contributed by atoms with van der Waals surface area (Å²) in [6.45, 7) is 0. The summed E-state index contributed by atoms with van der Waals surface area (Å²) in [6.07, 6.45) is 0. The quantitative estimate of drug-likeness (QED) is 0.526. The molecule has 0 saturated carbocycles. The van der Waals surface area contributed by atoms with Crippen LogP contribution in [0.1, 0.15) is 0 Å². The zero-order chi connectivity index (χ0) is 8.39. The molecule has 0 saturated heterocycles. The molecule has 0 bridgehead atoms. The van der Waals surface area contributed by atoms with Crippen molar-refractivity contribution in [2.24, 2.45) is 0 Å². The van der Waals surface area contributed by atoms with Crippen molar-refractivity contribution in [2.45, 2.75) is 0 Å². The van der Waals surface area contributed by atoms with Crippen LogP contribution in [0.4, 0.5) is 0 Å². The van der Waals surface area contributed by atoms with Gasteiger partial charge < -0.3 is 0 Å². The van der Waals surface area contributed by atoms with E-state index in [-0.39, 0.29) is 20.4 Å². The van der Waals surface area contributed by atoms with Crippen LogP contribution in [0, 0.1) is 3.57 Å². The summed E-state index contributed by atoms with van der Waals surface area (Å²) >= 11 is 2.40. The summed E-state index contributed by atoms with van der Waals surface area (Å²) in [5.74, 6) is 0. The fraction of sp³-hybridized carbons (Fsp3) is 0. The Kier molecular flexibility index (Phi) is 2.90. The summed E-state index contributed by atoms with van der Waals surface area (Å²) in [5, 5.41) is 0. The van der Waals surface area contributed by atoms with Gasteiger partial charge in [-0.3, -0.25) is 0 Å². The molecule has 0 atom stereocenters. The van der Waals surface area contributed by atoms with Gasteiger partial charge in [0.05, 0.1) is 0 Å². The van der Waals surface area contributed by atoms with Gasteiger partial charge in [0.25, 0.3) is 0 Å². The standard InChI is InChI=1S/C10H7ITe/c11-9-6-7-12-10(9)8-4-2-1-3-5-8/h1-7H. The van der Waals surface area contributed by atoms with Crippen molar-refractivity contribution in [3.05, 3.63) is 44.1 Å². The van der Waals surface area contributed by atoms with E-state index in [1.54, 1.807) is 3.58 Å². The third-order valence-corrected chi connectivity index (χ3v) is 6.44. The van der Waals surface area contributed by atoms with E-state index in [0.29, 0.717) is 0 Å². The molecule has 0 fully saturated rings. The minimum atomic E-state index is -0.0213. The van der Waals surface area contributed by atoms with Crippen LogP contribution in [0.25, 0.3) is 9.14 Å². The van der Waals surface area contributed by atoms with Crippen LogP contribution >= 0.6 is 22.6 Å². The molecule has 0 aliphatic carbocycles. The molecule has 0 unspecified atom stereocenters. The molecular formula is C10H7ITe. The summed E-state index contributed by atoms with van der Waals surface area (Å²) < 4.78 is 5.36. The molecule has 0 amide bonds. The number of benzene rings is 1. The molecule has 0 aliphatic heterocycles. The van der Waals surface area contributed by atoms with E-state index >= 15 is 0 Å². The number of hydrogen-bond donors (Lipinski definition) is 0. The van der Waals surface area contributed by atoms with Gasteiger partial charge in [-0.25, -0.2) is 0 Å². The topological polar surface area (TPSA) is 0 Å². The molecule has 0 nitrogen and oxygen atoms in total. The monoisotopic (exact) mass is 384 g/mol. The number of hydrogen-bond acceptors (Lipinski definition) is 0. The average molecular weight is 382 g/mol. The van der Waals surface area contributed by atoms with Gasteiger partial charge in [0.15, 0.2) is 0 Å². The summed E-state index contributed by atoms with van der Waals surface area (Å²) in [7, 11) is 0.